The molecule has 1 saturated carbocycles. The number of ether oxygens (including phenoxy) is 2. The van der Waals surface area contributed by atoms with E-state index in [1.165, 1.54) is 12.1 Å². The van der Waals surface area contributed by atoms with Crippen LogP contribution in [0.3, 0.4) is 0 Å². The van der Waals surface area contributed by atoms with E-state index >= 15 is 0 Å². The summed E-state index contributed by atoms with van der Waals surface area (Å²) in [6, 6.07) is 5.98. The summed E-state index contributed by atoms with van der Waals surface area (Å²) in [6.45, 7) is 2.37. The molecule has 0 bridgehead atoms. The largest absolute Gasteiger partial charge is 0.573 e. The van der Waals surface area contributed by atoms with E-state index in [-0.39, 0.29) is 29.7 Å². The average molecular weight is 331 g/mol. The quantitative estimate of drug-likeness (QED) is 0.620. The van der Waals surface area contributed by atoms with Gasteiger partial charge in [-0.3, -0.25) is 0 Å². The van der Waals surface area contributed by atoms with Crippen LogP contribution in [-0.4, -0.2) is 38.1 Å². The minimum absolute atomic E-state index is 0.00167. The number of para-hydroxylation sites is 1. The zero-order valence-electron chi connectivity index (χ0n) is 12.9. The zero-order chi connectivity index (χ0) is 17.0. The molecular weight excluding hydrogens is 311 g/mol. The number of rotatable bonds is 6. The maximum absolute atomic E-state index is 12.4. The van der Waals surface area contributed by atoms with Gasteiger partial charge in [-0.15, -0.1) is 13.2 Å². The van der Waals surface area contributed by atoms with Gasteiger partial charge in [0.2, 0.25) is 0 Å². The van der Waals surface area contributed by atoms with Gasteiger partial charge in [0.1, 0.15) is 5.75 Å². The Bertz CT molecular complexity index is 563. The summed E-state index contributed by atoms with van der Waals surface area (Å²) in [6.07, 6.45) is -4.07. The van der Waals surface area contributed by atoms with Crippen LogP contribution in [0.25, 0.3) is 0 Å². The molecule has 1 aliphatic carbocycles. The number of benzene rings is 1. The molecule has 3 atom stereocenters. The van der Waals surface area contributed by atoms with Gasteiger partial charge in [0.25, 0.3) is 0 Å². The van der Waals surface area contributed by atoms with E-state index in [1.54, 1.807) is 19.2 Å². The fourth-order valence-electron chi connectivity index (χ4n) is 2.42. The number of alkyl halides is 3. The lowest BCUT2D eigenvalue weighted by molar-refractivity contribution is -0.274. The molecule has 0 aromatic heterocycles. The molecule has 0 heterocycles. The van der Waals surface area contributed by atoms with Crippen molar-refractivity contribution in [3.63, 3.8) is 0 Å². The number of nitrogens with one attached hydrogen (secondary N) is 1. The molecule has 128 valence electrons. The van der Waals surface area contributed by atoms with Gasteiger partial charge in [0.15, 0.2) is 5.96 Å². The number of nitrogens with zero attached hydrogens (tertiary/aromatic N) is 1. The summed E-state index contributed by atoms with van der Waals surface area (Å²) in [5, 5.41) is 2.97. The highest BCUT2D eigenvalue weighted by atomic mass is 19.4. The second-order valence-electron chi connectivity index (χ2n) is 5.51. The van der Waals surface area contributed by atoms with Crippen LogP contribution in [0.5, 0.6) is 5.75 Å². The molecule has 2 rings (SSSR count). The third-order valence-electron chi connectivity index (χ3n) is 3.42. The number of halogens is 3. The summed E-state index contributed by atoms with van der Waals surface area (Å²) < 4.78 is 46.4. The van der Waals surface area contributed by atoms with Gasteiger partial charge in [0, 0.05) is 19.1 Å². The first-order valence-corrected chi connectivity index (χ1v) is 7.23. The molecule has 0 amide bonds. The fourth-order valence-corrected chi connectivity index (χ4v) is 2.42. The van der Waals surface area contributed by atoms with Gasteiger partial charge >= 0.3 is 6.36 Å². The zero-order valence-corrected chi connectivity index (χ0v) is 12.9. The fraction of sp³-hybridized carbons (Fsp3) is 0.533. The molecule has 23 heavy (non-hydrogen) atoms. The Morgan fingerprint density at radius 3 is 2.78 bits per heavy atom. The van der Waals surface area contributed by atoms with Crippen molar-refractivity contribution in [3.05, 3.63) is 29.8 Å². The van der Waals surface area contributed by atoms with Gasteiger partial charge < -0.3 is 20.5 Å². The summed E-state index contributed by atoms with van der Waals surface area (Å²) in [4.78, 5) is 4.30. The van der Waals surface area contributed by atoms with Crippen molar-refractivity contribution in [1.82, 2.24) is 5.32 Å². The van der Waals surface area contributed by atoms with Crippen LogP contribution in [0, 0.1) is 0 Å². The molecule has 3 unspecified atom stereocenters. The van der Waals surface area contributed by atoms with Crippen molar-refractivity contribution in [2.75, 3.05) is 13.7 Å². The monoisotopic (exact) mass is 331 g/mol. The summed E-state index contributed by atoms with van der Waals surface area (Å²) in [5.41, 5.74) is 6.29. The van der Waals surface area contributed by atoms with E-state index < -0.39 is 6.36 Å². The maximum Gasteiger partial charge on any atom is 0.573 e. The smallest absolute Gasteiger partial charge is 0.405 e. The highest BCUT2D eigenvalue weighted by Crippen LogP contribution is 2.47. The molecule has 3 N–H and O–H groups in total. The second-order valence-corrected chi connectivity index (χ2v) is 5.51. The number of nitrogens with two attached hydrogens (primary N) is 1. The topological polar surface area (TPSA) is 68.9 Å². The lowest BCUT2D eigenvalue weighted by atomic mass is 10.1. The summed E-state index contributed by atoms with van der Waals surface area (Å²) in [5.74, 6) is -0.0371. The van der Waals surface area contributed by atoms with Gasteiger partial charge in [0.05, 0.1) is 12.6 Å². The first-order chi connectivity index (χ1) is 10.8. The third-order valence-corrected chi connectivity index (χ3v) is 3.42. The van der Waals surface area contributed by atoms with E-state index in [0.717, 1.165) is 0 Å². The number of hydrogen-bond donors (Lipinski definition) is 2. The molecule has 0 saturated heterocycles. The number of aliphatic imine (C=N–C) groups is 1. The molecule has 0 radical (unpaired) electrons. The van der Waals surface area contributed by atoms with E-state index in [2.05, 4.69) is 15.0 Å². The van der Waals surface area contributed by atoms with E-state index in [0.29, 0.717) is 18.6 Å². The number of hydrogen-bond acceptors (Lipinski definition) is 3. The molecule has 1 aromatic carbocycles. The van der Waals surface area contributed by atoms with Crippen LogP contribution in [-0.2, 0) is 4.74 Å². The van der Waals surface area contributed by atoms with Crippen LogP contribution in [0.2, 0.25) is 0 Å². The van der Waals surface area contributed by atoms with Crippen molar-refractivity contribution in [2.24, 2.45) is 10.7 Å². The molecule has 8 heteroatoms. The Morgan fingerprint density at radius 1 is 1.43 bits per heavy atom. The van der Waals surface area contributed by atoms with Crippen molar-refractivity contribution in [2.45, 2.75) is 37.7 Å². The highest BCUT2D eigenvalue weighted by molar-refractivity contribution is 5.78. The lowest BCUT2D eigenvalue weighted by Crippen LogP contribution is -2.40. The van der Waals surface area contributed by atoms with Crippen molar-refractivity contribution in [3.8, 4) is 5.75 Å². The normalized spacial score (nSPS) is 22.6. The predicted octanol–water partition coefficient (Wildman–Crippen LogP) is 2.38. The van der Waals surface area contributed by atoms with E-state index in [9.17, 15) is 13.2 Å². The molecule has 1 aliphatic rings. The van der Waals surface area contributed by atoms with Gasteiger partial charge in [-0.25, -0.2) is 4.99 Å². The maximum atomic E-state index is 12.4. The Labute approximate surface area is 132 Å². The third kappa shape index (κ3) is 5.31. The Hall–Kier alpha value is -1.96. The minimum Gasteiger partial charge on any atom is -0.405 e. The first-order valence-electron chi connectivity index (χ1n) is 7.23. The molecule has 0 spiro atoms. The van der Waals surface area contributed by atoms with Crippen LogP contribution in [0.1, 0.15) is 24.8 Å². The molecule has 1 aromatic rings. The number of guanidine groups is 1. The highest BCUT2D eigenvalue weighted by Gasteiger charge is 2.42. The van der Waals surface area contributed by atoms with Gasteiger partial charge in [-0.1, -0.05) is 18.2 Å². The van der Waals surface area contributed by atoms with Crippen LogP contribution < -0.4 is 15.8 Å². The second kappa shape index (κ2) is 7.08. The van der Waals surface area contributed by atoms with Crippen LogP contribution >= 0.6 is 0 Å². The average Bonchev–Trinajstić information content (AvgIpc) is 3.16. The predicted molar refractivity (Wildman–Crippen MR) is 80.4 cm³/mol. The molecule has 1 fully saturated rings. The summed E-state index contributed by atoms with van der Waals surface area (Å²) in [7, 11) is 1.58. The Kier molecular flexibility index (Phi) is 5.35. The van der Waals surface area contributed by atoms with Gasteiger partial charge in [-0.05, 0) is 25.0 Å². The Morgan fingerprint density at radius 2 is 2.13 bits per heavy atom. The molecular formula is C15H20F3N3O2. The summed E-state index contributed by atoms with van der Waals surface area (Å²) >= 11 is 0. The SMILES string of the molecule is COCC(C)NC(N)=NC1CC1c1ccccc1OC(F)(F)F. The first kappa shape index (κ1) is 17.4. The van der Waals surface area contributed by atoms with Crippen LogP contribution in [0.15, 0.2) is 29.3 Å². The number of methoxy groups -OCH3 is 1. The van der Waals surface area contributed by atoms with E-state index in [1.807, 2.05) is 6.92 Å². The van der Waals surface area contributed by atoms with Crippen LogP contribution in [0.4, 0.5) is 13.2 Å². The minimum atomic E-state index is -4.71. The van der Waals surface area contributed by atoms with Gasteiger partial charge in [-0.2, -0.15) is 0 Å². The Balaban J connectivity index is 2.01. The van der Waals surface area contributed by atoms with Crippen molar-refractivity contribution >= 4 is 5.96 Å². The van der Waals surface area contributed by atoms with Crippen molar-refractivity contribution in [1.29, 1.82) is 0 Å². The van der Waals surface area contributed by atoms with Crippen molar-refractivity contribution < 1.29 is 22.6 Å². The lowest BCUT2D eigenvalue weighted by Gasteiger charge is -2.14. The molecule has 5 nitrogen and oxygen atoms in total. The molecule has 0 aliphatic heterocycles. The van der Waals surface area contributed by atoms with E-state index in [4.69, 9.17) is 10.5 Å². The standard InChI is InChI=1S/C15H20F3N3O2/c1-9(8-22-2)20-14(19)21-12-7-11(12)10-5-3-4-6-13(10)23-15(16,17)18/h3-6,9,11-12H,7-8H2,1-2H3,(H3,19,20,21).